The van der Waals surface area contributed by atoms with Gasteiger partial charge in [0.25, 0.3) is 0 Å². The standard InChI is InChI=1S/C39H62O7/c1-4-5-6-7-8-9-10-11-12-13-14-15-16-17-18-19-35(44)46-34-25-29(41)24-28-20-21-30-31-22-23-39(45,33(43)27-40)37(31,2)26-32(42)36(30)38(28,34)3/h24-25,30-32,36,40,42,45H,4-23,26-27H2,1-3H3/t30-,31-,32-,36+,37-,38+,39-/m0/s1. The summed E-state index contributed by atoms with van der Waals surface area (Å²) in [6.07, 6.45) is 23.8. The molecule has 0 radical (unpaired) electrons. The van der Waals surface area contributed by atoms with Crippen LogP contribution in [-0.2, 0) is 19.1 Å². The number of Topliss-reactive ketones (excluding diaryl/α,β-unsaturated/α-hetero) is 1. The van der Waals surface area contributed by atoms with Crippen LogP contribution in [0.2, 0.25) is 0 Å². The molecule has 4 aliphatic rings. The number of allylic oxidation sites excluding steroid dienone is 3. The predicted octanol–water partition coefficient (Wildman–Crippen LogP) is 7.69. The van der Waals surface area contributed by atoms with E-state index in [4.69, 9.17) is 4.74 Å². The second-order valence-corrected chi connectivity index (χ2v) is 15.5. The van der Waals surface area contributed by atoms with Crippen molar-refractivity contribution in [3.8, 4) is 0 Å². The molecule has 3 N–H and O–H groups in total. The van der Waals surface area contributed by atoms with E-state index in [1.165, 1.54) is 83.1 Å². The van der Waals surface area contributed by atoms with E-state index in [1.807, 2.05) is 13.8 Å². The first-order chi connectivity index (χ1) is 22.0. The number of rotatable bonds is 19. The molecular weight excluding hydrogens is 580 g/mol. The zero-order chi connectivity index (χ0) is 33.4. The third-order valence-electron chi connectivity index (χ3n) is 12.6. The molecule has 46 heavy (non-hydrogen) atoms. The maximum atomic E-state index is 13.1. The first-order valence-corrected chi connectivity index (χ1v) is 18.8. The third kappa shape index (κ3) is 7.73. The molecule has 3 saturated carbocycles. The first-order valence-electron chi connectivity index (χ1n) is 18.8. The third-order valence-corrected chi connectivity index (χ3v) is 12.6. The highest BCUT2D eigenvalue weighted by Crippen LogP contribution is 2.68. The lowest BCUT2D eigenvalue weighted by Crippen LogP contribution is -2.62. The number of unbranched alkanes of at least 4 members (excludes halogenated alkanes) is 14. The smallest absolute Gasteiger partial charge is 0.310 e. The predicted molar refractivity (Wildman–Crippen MR) is 180 cm³/mol. The second-order valence-electron chi connectivity index (χ2n) is 15.5. The van der Waals surface area contributed by atoms with Gasteiger partial charge in [-0.25, -0.2) is 0 Å². The molecule has 3 fully saturated rings. The minimum Gasteiger partial charge on any atom is -0.430 e. The van der Waals surface area contributed by atoms with Crippen LogP contribution in [0.15, 0.2) is 23.5 Å². The molecule has 7 atom stereocenters. The number of hydrogen-bond donors (Lipinski definition) is 3. The van der Waals surface area contributed by atoms with Gasteiger partial charge in [0, 0.05) is 23.8 Å². The molecule has 0 heterocycles. The minimum atomic E-state index is -1.67. The summed E-state index contributed by atoms with van der Waals surface area (Å²) in [5, 5.41) is 32.8. The van der Waals surface area contributed by atoms with Crippen molar-refractivity contribution < 1.29 is 34.4 Å². The highest BCUT2D eigenvalue weighted by Gasteiger charge is 2.69. The summed E-state index contributed by atoms with van der Waals surface area (Å²) in [6.45, 7) is 5.40. The first kappa shape index (κ1) is 37.0. The number of esters is 1. The van der Waals surface area contributed by atoms with Gasteiger partial charge in [-0.2, -0.15) is 0 Å². The Hall–Kier alpha value is -1.83. The van der Waals surface area contributed by atoms with E-state index >= 15 is 0 Å². The molecule has 0 aromatic heterocycles. The van der Waals surface area contributed by atoms with Crippen LogP contribution in [0.3, 0.4) is 0 Å². The number of aliphatic hydroxyl groups excluding tert-OH is 2. The van der Waals surface area contributed by atoms with Gasteiger partial charge in [-0.05, 0) is 63.4 Å². The van der Waals surface area contributed by atoms with Crippen molar-refractivity contribution in [1.29, 1.82) is 0 Å². The molecule has 0 saturated heterocycles. The van der Waals surface area contributed by atoms with Crippen LogP contribution < -0.4 is 0 Å². The number of carbonyl (C=O) groups is 3. The fourth-order valence-corrected chi connectivity index (χ4v) is 9.94. The lowest BCUT2D eigenvalue weighted by Gasteiger charge is -2.60. The molecule has 0 spiro atoms. The van der Waals surface area contributed by atoms with Gasteiger partial charge >= 0.3 is 5.97 Å². The van der Waals surface area contributed by atoms with Crippen molar-refractivity contribution in [3.63, 3.8) is 0 Å². The summed E-state index contributed by atoms with van der Waals surface area (Å²) in [6, 6.07) is 0. The summed E-state index contributed by atoms with van der Waals surface area (Å²) in [4.78, 5) is 38.5. The molecule has 7 nitrogen and oxygen atoms in total. The zero-order valence-electron chi connectivity index (χ0n) is 29.0. The lowest BCUT2D eigenvalue weighted by atomic mass is 9.45. The molecule has 260 valence electrons. The molecule has 4 rings (SSSR count). The van der Waals surface area contributed by atoms with Gasteiger partial charge in [-0.1, -0.05) is 109 Å². The number of carbonyl (C=O) groups excluding carboxylic acids is 3. The number of hydrogen-bond acceptors (Lipinski definition) is 7. The van der Waals surface area contributed by atoms with Crippen molar-refractivity contribution in [2.75, 3.05) is 6.61 Å². The number of ether oxygens (including phenoxy) is 1. The van der Waals surface area contributed by atoms with Gasteiger partial charge in [-0.15, -0.1) is 0 Å². The van der Waals surface area contributed by atoms with Gasteiger partial charge in [0.05, 0.1) is 11.5 Å². The van der Waals surface area contributed by atoms with Crippen molar-refractivity contribution in [2.24, 2.45) is 28.6 Å². The second kappa shape index (κ2) is 16.5. The quantitative estimate of drug-likeness (QED) is 0.0976. The highest BCUT2D eigenvalue weighted by atomic mass is 16.5. The van der Waals surface area contributed by atoms with Crippen molar-refractivity contribution in [2.45, 2.75) is 167 Å². The number of fused-ring (bicyclic) bond motifs is 5. The molecule has 0 bridgehead atoms. The molecule has 0 aromatic rings. The summed E-state index contributed by atoms with van der Waals surface area (Å²) >= 11 is 0. The van der Waals surface area contributed by atoms with Crippen LogP contribution in [0.25, 0.3) is 0 Å². The van der Waals surface area contributed by atoms with Crippen LogP contribution in [0.1, 0.15) is 156 Å². The van der Waals surface area contributed by atoms with Crippen molar-refractivity contribution >= 4 is 17.5 Å². The summed E-state index contributed by atoms with van der Waals surface area (Å²) < 4.78 is 6.00. The van der Waals surface area contributed by atoms with E-state index in [0.29, 0.717) is 25.0 Å². The fourth-order valence-electron chi connectivity index (χ4n) is 9.94. The van der Waals surface area contributed by atoms with Gasteiger partial charge in [0.2, 0.25) is 0 Å². The Balaban J connectivity index is 1.24. The van der Waals surface area contributed by atoms with Crippen LogP contribution in [0.4, 0.5) is 0 Å². The molecule has 0 aliphatic heterocycles. The molecule has 4 aliphatic carbocycles. The Morgan fingerprint density at radius 3 is 2.00 bits per heavy atom. The molecule has 0 amide bonds. The Labute approximate surface area is 277 Å². The largest absolute Gasteiger partial charge is 0.430 e. The van der Waals surface area contributed by atoms with Gasteiger partial charge in [0.15, 0.2) is 11.6 Å². The number of ketones is 2. The van der Waals surface area contributed by atoms with Crippen molar-refractivity contribution in [3.05, 3.63) is 23.5 Å². The van der Waals surface area contributed by atoms with E-state index in [-0.39, 0.29) is 42.3 Å². The van der Waals surface area contributed by atoms with Crippen molar-refractivity contribution in [1.82, 2.24) is 0 Å². The lowest BCUT2D eigenvalue weighted by molar-refractivity contribution is -0.182. The maximum Gasteiger partial charge on any atom is 0.310 e. The topological polar surface area (TPSA) is 121 Å². The van der Waals surface area contributed by atoms with Gasteiger partial charge in [-0.3, -0.25) is 14.4 Å². The van der Waals surface area contributed by atoms with Crippen LogP contribution >= 0.6 is 0 Å². The normalized spacial score (nSPS) is 33.5. The Morgan fingerprint density at radius 2 is 1.43 bits per heavy atom. The van der Waals surface area contributed by atoms with E-state index in [0.717, 1.165) is 31.3 Å². The maximum absolute atomic E-state index is 13.1. The Kier molecular flexibility index (Phi) is 13.3. The molecule has 0 aromatic carbocycles. The van der Waals surface area contributed by atoms with Gasteiger partial charge < -0.3 is 20.1 Å². The highest BCUT2D eigenvalue weighted by molar-refractivity contribution is 6.02. The molecular formula is C39H62O7. The zero-order valence-corrected chi connectivity index (χ0v) is 29.0. The van der Waals surface area contributed by atoms with Crippen LogP contribution in [0, 0.1) is 28.6 Å². The van der Waals surface area contributed by atoms with E-state index in [1.54, 1.807) is 6.08 Å². The molecule has 7 heteroatoms. The minimum absolute atomic E-state index is 0.0257. The van der Waals surface area contributed by atoms with Crippen LogP contribution in [0.5, 0.6) is 0 Å². The fraction of sp³-hybridized carbons (Fsp3) is 0.821. The van der Waals surface area contributed by atoms with E-state index < -0.39 is 34.9 Å². The summed E-state index contributed by atoms with van der Waals surface area (Å²) in [7, 11) is 0. The number of aliphatic hydroxyl groups is 3. The average molecular weight is 643 g/mol. The summed E-state index contributed by atoms with van der Waals surface area (Å²) in [5.74, 6) is -1.15. The van der Waals surface area contributed by atoms with E-state index in [9.17, 15) is 29.7 Å². The Morgan fingerprint density at radius 1 is 0.870 bits per heavy atom. The van der Waals surface area contributed by atoms with Gasteiger partial charge in [0.1, 0.15) is 18.0 Å². The Bertz CT molecular complexity index is 1130. The average Bonchev–Trinajstić information content (AvgIpc) is 3.29. The van der Waals surface area contributed by atoms with E-state index in [2.05, 4.69) is 6.92 Å². The molecule has 0 unspecified atom stereocenters. The monoisotopic (exact) mass is 642 g/mol. The SMILES string of the molecule is CCCCCCCCCCCCCCCCCC(=O)OC1=CC(=O)C=C2CC[C@@H]3[C@H]([C@@H](O)C[C@@]4(C)[C@H]3CC[C@]4(O)C(=O)CO)[C@]21C. The van der Waals surface area contributed by atoms with Crippen LogP contribution in [-0.4, -0.2) is 51.2 Å². The summed E-state index contributed by atoms with van der Waals surface area (Å²) in [5.41, 5.74) is -2.46.